The van der Waals surface area contributed by atoms with Crippen molar-refractivity contribution in [3.8, 4) is 0 Å². The van der Waals surface area contributed by atoms with Crippen molar-refractivity contribution in [3.63, 3.8) is 0 Å². The zero-order valence-electron chi connectivity index (χ0n) is 12.1. The van der Waals surface area contributed by atoms with Gasteiger partial charge in [-0.1, -0.05) is 24.3 Å². The molecular formula is C18H18N2S. The van der Waals surface area contributed by atoms with E-state index in [0.29, 0.717) is 6.04 Å². The van der Waals surface area contributed by atoms with E-state index in [4.69, 9.17) is 0 Å². The Morgan fingerprint density at radius 2 is 2.00 bits per heavy atom. The predicted octanol–water partition coefficient (Wildman–Crippen LogP) is 4.57. The molecular weight excluding hydrogens is 276 g/mol. The summed E-state index contributed by atoms with van der Waals surface area (Å²) in [5.41, 5.74) is 5.34. The van der Waals surface area contributed by atoms with Crippen LogP contribution < -0.4 is 5.32 Å². The summed E-state index contributed by atoms with van der Waals surface area (Å²) in [5, 5.41) is 4.84. The molecule has 2 nitrogen and oxygen atoms in total. The molecule has 0 aliphatic heterocycles. The Balaban J connectivity index is 1.55. The van der Waals surface area contributed by atoms with Crippen LogP contribution in [0.2, 0.25) is 0 Å². The zero-order chi connectivity index (χ0) is 14.2. The Morgan fingerprint density at radius 1 is 1.14 bits per heavy atom. The van der Waals surface area contributed by atoms with Crippen LogP contribution in [0.3, 0.4) is 0 Å². The Labute approximate surface area is 128 Å². The molecule has 0 amide bonds. The summed E-state index contributed by atoms with van der Waals surface area (Å²) in [5.74, 6) is 0. The van der Waals surface area contributed by atoms with Gasteiger partial charge >= 0.3 is 0 Å². The summed E-state index contributed by atoms with van der Waals surface area (Å²) in [7, 11) is 0. The normalized spacial score (nSPS) is 17.7. The smallest absolute Gasteiger partial charge is 0.0907 e. The van der Waals surface area contributed by atoms with Gasteiger partial charge in [0.15, 0.2) is 0 Å². The van der Waals surface area contributed by atoms with Crippen molar-refractivity contribution >= 4 is 27.2 Å². The van der Waals surface area contributed by atoms with E-state index < -0.39 is 0 Å². The van der Waals surface area contributed by atoms with Crippen LogP contribution in [0, 0.1) is 6.92 Å². The van der Waals surface area contributed by atoms with Gasteiger partial charge in [0.25, 0.3) is 0 Å². The van der Waals surface area contributed by atoms with Crippen LogP contribution in [0.1, 0.15) is 22.6 Å². The fraction of sp³-hybridized carbons (Fsp3) is 0.278. The highest BCUT2D eigenvalue weighted by atomic mass is 32.1. The number of aryl methyl sites for hydroxylation is 2. The zero-order valence-corrected chi connectivity index (χ0v) is 12.9. The summed E-state index contributed by atoms with van der Waals surface area (Å²) in [6.07, 6.45) is 3.50. The van der Waals surface area contributed by atoms with E-state index in [2.05, 4.69) is 59.7 Å². The number of hydrogen-bond acceptors (Lipinski definition) is 3. The molecule has 1 aliphatic carbocycles. The molecule has 0 radical (unpaired) electrons. The summed E-state index contributed by atoms with van der Waals surface area (Å²) in [6, 6.07) is 15.9. The predicted molar refractivity (Wildman–Crippen MR) is 90.2 cm³/mol. The molecule has 2 aromatic carbocycles. The first kappa shape index (κ1) is 12.8. The average Bonchev–Trinajstić information content (AvgIpc) is 2.86. The Hall–Kier alpha value is -1.87. The maximum Gasteiger partial charge on any atom is 0.0907 e. The molecule has 0 bridgehead atoms. The second kappa shape index (κ2) is 5.15. The highest BCUT2D eigenvalue weighted by Crippen LogP contribution is 2.27. The van der Waals surface area contributed by atoms with Gasteiger partial charge in [0.05, 0.1) is 15.2 Å². The molecule has 4 rings (SSSR count). The van der Waals surface area contributed by atoms with Crippen molar-refractivity contribution in [2.75, 3.05) is 5.32 Å². The molecule has 0 fully saturated rings. The third-order valence-corrected chi connectivity index (χ3v) is 5.15. The Bertz CT molecular complexity index is 791. The van der Waals surface area contributed by atoms with Gasteiger partial charge in [-0.3, -0.25) is 0 Å². The maximum atomic E-state index is 4.52. The van der Waals surface area contributed by atoms with Crippen LogP contribution in [-0.2, 0) is 12.8 Å². The lowest BCUT2D eigenvalue weighted by Crippen LogP contribution is -2.27. The van der Waals surface area contributed by atoms with Gasteiger partial charge in [-0.15, -0.1) is 11.3 Å². The van der Waals surface area contributed by atoms with Crippen molar-refractivity contribution in [1.29, 1.82) is 0 Å². The van der Waals surface area contributed by atoms with Gasteiger partial charge in [-0.05, 0) is 55.5 Å². The van der Waals surface area contributed by atoms with Crippen LogP contribution in [0.15, 0.2) is 42.5 Å². The van der Waals surface area contributed by atoms with Crippen molar-refractivity contribution in [3.05, 3.63) is 58.6 Å². The fourth-order valence-corrected chi connectivity index (χ4v) is 4.05. The molecule has 0 spiro atoms. The van der Waals surface area contributed by atoms with Crippen molar-refractivity contribution in [1.82, 2.24) is 4.98 Å². The van der Waals surface area contributed by atoms with E-state index in [0.717, 1.165) is 16.9 Å². The molecule has 1 aromatic heterocycles. The minimum absolute atomic E-state index is 0.534. The third kappa shape index (κ3) is 2.54. The van der Waals surface area contributed by atoms with Gasteiger partial charge in [-0.2, -0.15) is 0 Å². The third-order valence-electron chi connectivity index (χ3n) is 4.21. The number of nitrogens with one attached hydrogen (secondary N) is 1. The number of fused-ring (bicyclic) bond motifs is 2. The average molecular weight is 294 g/mol. The van der Waals surface area contributed by atoms with Crippen LogP contribution in [0.5, 0.6) is 0 Å². The number of nitrogens with zero attached hydrogens (tertiary/aromatic N) is 1. The number of thiazole rings is 1. The number of hydrogen-bond donors (Lipinski definition) is 1. The number of aromatic nitrogens is 1. The topological polar surface area (TPSA) is 24.9 Å². The van der Waals surface area contributed by atoms with Crippen molar-refractivity contribution in [2.45, 2.75) is 32.2 Å². The number of benzene rings is 2. The SMILES string of the molecule is Cc1nc2ccc(NC3CCc4ccccc4C3)cc2s1. The van der Waals surface area contributed by atoms with E-state index in [1.165, 1.54) is 34.4 Å². The summed E-state index contributed by atoms with van der Waals surface area (Å²) < 4.78 is 1.27. The highest BCUT2D eigenvalue weighted by molar-refractivity contribution is 7.18. The molecule has 3 heteroatoms. The lowest BCUT2D eigenvalue weighted by atomic mass is 9.88. The van der Waals surface area contributed by atoms with E-state index >= 15 is 0 Å². The first-order chi connectivity index (χ1) is 10.3. The molecule has 106 valence electrons. The van der Waals surface area contributed by atoms with E-state index in [1.807, 2.05) is 0 Å². The minimum Gasteiger partial charge on any atom is -0.382 e. The monoisotopic (exact) mass is 294 g/mol. The molecule has 1 atom stereocenters. The van der Waals surface area contributed by atoms with Gasteiger partial charge in [-0.25, -0.2) is 4.98 Å². The standard InChI is InChI=1S/C18H18N2S/c1-12-19-17-9-8-16(11-18(17)21-12)20-15-7-6-13-4-2-3-5-14(13)10-15/h2-5,8-9,11,15,20H,6-7,10H2,1H3. The van der Waals surface area contributed by atoms with Crippen LogP contribution in [0.25, 0.3) is 10.2 Å². The number of anilines is 1. The first-order valence-electron chi connectivity index (χ1n) is 7.48. The highest BCUT2D eigenvalue weighted by Gasteiger charge is 2.18. The van der Waals surface area contributed by atoms with Crippen LogP contribution in [-0.4, -0.2) is 11.0 Å². The maximum absolute atomic E-state index is 4.52. The molecule has 3 aromatic rings. The van der Waals surface area contributed by atoms with Crippen molar-refractivity contribution in [2.24, 2.45) is 0 Å². The Morgan fingerprint density at radius 3 is 2.90 bits per heavy atom. The van der Waals surface area contributed by atoms with E-state index in [-0.39, 0.29) is 0 Å². The molecule has 21 heavy (non-hydrogen) atoms. The minimum atomic E-state index is 0.534. The van der Waals surface area contributed by atoms with Crippen LogP contribution in [0.4, 0.5) is 5.69 Å². The van der Waals surface area contributed by atoms with Crippen molar-refractivity contribution < 1.29 is 0 Å². The van der Waals surface area contributed by atoms with Gasteiger partial charge in [0.2, 0.25) is 0 Å². The largest absolute Gasteiger partial charge is 0.382 e. The quantitative estimate of drug-likeness (QED) is 0.748. The fourth-order valence-electron chi connectivity index (χ4n) is 3.19. The number of rotatable bonds is 2. The molecule has 1 N–H and O–H groups in total. The van der Waals surface area contributed by atoms with Gasteiger partial charge in [0.1, 0.15) is 0 Å². The first-order valence-corrected chi connectivity index (χ1v) is 8.30. The second-order valence-electron chi connectivity index (χ2n) is 5.77. The molecule has 1 aliphatic rings. The van der Waals surface area contributed by atoms with Gasteiger partial charge in [0, 0.05) is 11.7 Å². The van der Waals surface area contributed by atoms with Crippen LogP contribution >= 0.6 is 11.3 Å². The summed E-state index contributed by atoms with van der Waals surface area (Å²) >= 11 is 1.77. The molecule has 0 saturated carbocycles. The molecule has 1 unspecified atom stereocenters. The van der Waals surface area contributed by atoms with E-state index in [9.17, 15) is 0 Å². The summed E-state index contributed by atoms with van der Waals surface area (Å²) in [4.78, 5) is 4.52. The molecule has 1 heterocycles. The van der Waals surface area contributed by atoms with E-state index in [1.54, 1.807) is 11.3 Å². The molecule has 0 saturated heterocycles. The lowest BCUT2D eigenvalue weighted by Gasteiger charge is -2.26. The lowest BCUT2D eigenvalue weighted by molar-refractivity contribution is 0.611. The Kier molecular flexibility index (Phi) is 3.15. The second-order valence-corrected chi connectivity index (χ2v) is 7.00. The summed E-state index contributed by atoms with van der Waals surface area (Å²) in [6.45, 7) is 2.07. The van der Waals surface area contributed by atoms with Gasteiger partial charge < -0.3 is 5.32 Å².